The van der Waals surface area contributed by atoms with Crippen LogP contribution < -0.4 is 10.1 Å². The van der Waals surface area contributed by atoms with Crippen molar-refractivity contribution in [2.24, 2.45) is 0 Å². The highest BCUT2D eigenvalue weighted by atomic mass is 32.2. The number of aromatic nitrogens is 3. The summed E-state index contributed by atoms with van der Waals surface area (Å²) in [5.41, 5.74) is 2.12. The Labute approximate surface area is 202 Å². The smallest absolute Gasteiger partial charge is 0.230 e. The largest absolute Gasteiger partial charge is 0.495 e. The molecule has 2 aromatic heterocycles. The van der Waals surface area contributed by atoms with E-state index in [1.54, 1.807) is 18.4 Å². The van der Waals surface area contributed by atoms with E-state index in [4.69, 9.17) is 4.74 Å². The molecule has 0 aliphatic rings. The van der Waals surface area contributed by atoms with E-state index in [1.165, 1.54) is 17.3 Å². The topological polar surface area (TPSA) is 69.0 Å². The van der Waals surface area contributed by atoms with E-state index in [0.29, 0.717) is 5.16 Å². The number of amides is 1. The molecule has 6 nitrogen and oxygen atoms in total. The number of nitrogens with one attached hydrogen (secondary N) is 1. The average Bonchev–Trinajstić information content (AvgIpc) is 3.52. The average molecular weight is 479 g/mol. The van der Waals surface area contributed by atoms with Crippen LogP contribution in [0.1, 0.15) is 18.9 Å². The third-order valence-electron chi connectivity index (χ3n) is 5.15. The van der Waals surface area contributed by atoms with Crippen molar-refractivity contribution in [1.82, 2.24) is 20.1 Å². The second kappa shape index (κ2) is 11.2. The monoisotopic (exact) mass is 478 g/mol. The van der Waals surface area contributed by atoms with E-state index in [1.807, 2.05) is 71.5 Å². The molecule has 0 spiro atoms. The first-order valence-corrected chi connectivity index (χ1v) is 12.6. The number of carbonyl (C=O) groups is 1. The molecule has 1 amide bonds. The van der Waals surface area contributed by atoms with Crippen LogP contribution in [0.3, 0.4) is 0 Å². The third kappa shape index (κ3) is 5.83. The number of benzene rings is 2. The van der Waals surface area contributed by atoms with Crippen molar-refractivity contribution in [1.29, 1.82) is 0 Å². The molecule has 1 unspecified atom stereocenters. The normalized spacial score (nSPS) is 11.8. The summed E-state index contributed by atoms with van der Waals surface area (Å²) >= 11 is 2.97. The quantitative estimate of drug-likeness (QED) is 0.316. The molecule has 0 aliphatic carbocycles. The van der Waals surface area contributed by atoms with Crippen molar-refractivity contribution in [3.63, 3.8) is 0 Å². The number of rotatable bonds is 10. The second-order valence-corrected chi connectivity index (χ2v) is 9.46. The Kier molecular flexibility index (Phi) is 7.80. The number of carbonyl (C=O) groups excluding carboxylic acids is 1. The first-order chi connectivity index (χ1) is 16.2. The first-order valence-electron chi connectivity index (χ1n) is 10.7. The van der Waals surface area contributed by atoms with Gasteiger partial charge < -0.3 is 10.1 Å². The molecule has 8 heteroatoms. The van der Waals surface area contributed by atoms with E-state index < -0.39 is 0 Å². The van der Waals surface area contributed by atoms with Gasteiger partial charge >= 0.3 is 0 Å². The van der Waals surface area contributed by atoms with Crippen LogP contribution in [-0.2, 0) is 11.2 Å². The van der Waals surface area contributed by atoms with Crippen molar-refractivity contribution in [2.45, 2.75) is 31.0 Å². The predicted octanol–water partition coefficient (Wildman–Crippen LogP) is 5.23. The van der Waals surface area contributed by atoms with Crippen molar-refractivity contribution < 1.29 is 9.53 Å². The maximum Gasteiger partial charge on any atom is 0.230 e. The van der Waals surface area contributed by atoms with Gasteiger partial charge in [0.05, 0.1) is 23.4 Å². The highest BCUT2D eigenvalue weighted by Crippen LogP contribution is 2.33. The molecule has 0 radical (unpaired) electrons. The fraction of sp³-hybridized carbons (Fsp3) is 0.240. The summed E-state index contributed by atoms with van der Waals surface area (Å²) < 4.78 is 7.54. The van der Waals surface area contributed by atoms with E-state index in [-0.39, 0.29) is 17.7 Å². The molecular formula is C25H26N4O2S2. The van der Waals surface area contributed by atoms with Gasteiger partial charge in [-0.2, -0.15) is 0 Å². The molecule has 0 bridgehead atoms. The van der Waals surface area contributed by atoms with Gasteiger partial charge in [-0.15, -0.1) is 21.5 Å². The van der Waals surface area contributed by atoms with Crippen molar-refractivity contribution >= 4 is 29.0 Å². The number of thioether (sulfide) groups is 1. The standard InChI is InChI=1S/C25H26N4O2S2/c1-18(14-15-19-9-4-3-5-10-19)26-23(30)17-33-25-28-27-24(22-13-8-16-32-22)29(25)20-11-6-7-12-21(20)31-2/h3-13,16,18H,14-15,17H2,1-2H3,(H,26,30). The van der Waals surface area contributed by atoms with Gasteiger partial charge in [0.1, 0.15) is 5.75 Å². The van der Waals surface area contributed by atoms with E-state index in [9.17, 15) is 4.79 Å². The summed E-state index contributed by atoms with van der Waals surface area (Å²) in [7, 11) is 1.64. The Morgan fingerprint density at radius 1 is 1.09 bits per heavy atom. The molecule has 2 heterocycles. The molecule has 1 N–H and O–H groups in total. The van der Waals surface area contributed by atoms with Crippen molar-refractivity contribution in [3.8, 4) is 22.1 Å². The fourth-order valence-corrected chi connectivity index (χ4v) is 4.96. The summed E-state index contributed by atoms with van der Waals surface area (Å²) in [5, 5.41) is 14.6. The summed E-state index contributed by atoms with van der Waals surface area (Å²) in [6.07, 6.45) is 1.82. The lowest BCUT2D eigenvalue weighted by molar-refractivity contribution is -0.119. The number of nitrogens with zero attached hydrogens (tertiary/aromatic N) is 3. The van der Waals surface area contributed by atoms with Crippen LogP contribution in [0.25, 0.3) is 16.4 Å². The minimum absolute atomic E-state index is 0.0205. The minimum Gasteiger partial charge on any atom is -0.495 e. The summed E-state index contributed by atoms with van der Waals surface area (Å²) in [5.74, 6) is 1.69. The predicted molar refractivity (Wildman–Crippen MR) is 134 cm³/mol. The number of hydrogen-bond acceptors (Lipinski definition) is 6. The molecule has 0 aliphatic heterocycles. The number of ether oxygens (including phenoxy) is 1. The van der Waals surface area contributed by atoms with Crippen LogP contribution in [0, 0.1) is 0 Å². The van der Waals surface area contributed by atoms with Crippen LogP contribution in [-0.4, -0.2) is 39.6 Å². The van der Waals surface area contributed by atoms with Gasteiger partial charge in [0.15, 0.2) is 11.0 Å². The van der Waals surface area contributed by atoms with Crippen LogP contribution in [0.2, 0.25) is 0 Å². The lowest BCUT2D eigenvalue weighted by Crippen LogP contribution is -2.34. The third-order valence-corrected chi connectivity index (χ3v) is 6.94. The van der Waals surface area contributed by atoms with Gasteiger partial charge in [-0.3, -0.25) is 9.36 Å². The Bertz CT molecular complexity index is 1180. The summed E-state index contributed by atoms with van der Waals surface area (Å²) in [4.78, 5) is 13.6. The lowest BCUT2D eigenvalue weighted by Gasteiger charge is -2.15. The number of aryl methyl sites for hydroxylation is 1. The van der Waals surface area contributed by atoms with Crippen LogP contribution >= 0.6 is 23.1 Å². The molecule has 4 rings (SSSR count). The number of para-hydroxylation sites is 2. The van der Waals surface area contributed by atoms with Gasteiger partial charge in [-0.1, -0.05) is 60.3 Å². The van der Waals surface area contributed by atoms with Crippen molar-refractivity contribution in [3.05, 3.63) is 77.7 Å². The maximum atomic E-state index is 12.6. The molecule has 2 aromatic carbocycles. The minimum atomic E-state index is -0.0205. The molecule has 170 valence electrons. The zero-order chi connectivity index (χ0) is 23.0. The van der Waals surface area contributed by atoms with Crippen molar-refractivity contribution in [2.75, 3.05) is 12.9 Å². The highest BCUT2D eigenvalue weighted by molar-refractivity contribution is 7.99. The Hall–Kier alpha value is -3.10. The Morgan fingerprint density at radius 2 is 1.88 bits per heavy atom. The summed E-state index contributed by atoms with van der Waals surface area (Å²) in [6, 6.07) is 22.1. The first kappa shape index (κ1) is 23.1. The molecule has 0 saturated heterocycles. The van der Waals surface area contributed by atoms with Crippen LogP contribution in [0.15, 0.2) is 77.3 Å². The highest BCUT2D eigenvalue weighted by Gasteiger charge is 2.20. The number of methoxy groups -OCH3 is 1. The molecular weight excluding hydrogens is 452 g/mol. The molecule has 1 atom stereocenters. The van der Waals surface area contributed by atoms with Gasteiger partial charge in [-0.25, -0.2) is 0 Å². The van der Waals surface area contributed by atoms with Crippen LogP contribution in [0.5, 0.6) is 5.75 Å². The zero-order valence-electron chi connectivity index (χ0n) is 18.6. The molecule has 0 saturated carbocycles. The van der Waals surface area contributed by atoms with Gasteiger partial charge in [-0.05, 0) is 48.9 Å². The molecule has 33 heavy (non-hydrogen) atoms. The maximum absolute atomic E-state index is 12.6. The SMILES string of the molecule is COc1ccccc1-n1c(SCC(=O)NC(C)CCc2ccccc2)nnc1-c1cccs1. The Morgan fingerprint density at radius 3 is 2.64 bits per heavy atom. The van der Waals surface area contributed by atoms with Crippen LogP contribution in [0.4, 0.5) is 0 Å². The second-order valence-electron chi connectivity index (χ2n) is 7.57. The molecule has 0 fully saturated rings. The summed E-state index contributed by atoms with van der Waals surface area (Å²) in [6.45, 7) is 2.04. The van der Waals surface area contributed by atoms with Gasteiger partial charge in [0.25, 0.3) is 0 Å². The number of thiophene rings is 1. The number of hydrogen-bond donors (Lipinski definition) is 1. The Balaban J connectivity index is 1.45. The molecule has 4 aromatic rings. The lowest BCUT2D eigenvalue weighted by atomic mass is 10.1. The zero-order valence-corrected chi connectivity index (χ0v) is 20.2. The van der Waals surface area contributed by atoms with E-state index >= 15 is 0 Å². The van der Waals surface area contributed by atoms with Gasteiger partial charge in [0, 0.05) is 6.04 Å². The fourth-order valence-electron chi connectivity index (χ4n) is 3.51. The van der Waals surface area contributed by atoms with E-state index in [2.05, 4.69) is 27.6 Å². The van der Waals surface area contributed by atoms with Gasteiger partial charge in [0.2, 0.25) is 5.91 Å². The van der Waals surface area contributed by atoms with E-state index in [0.717, 1.165) is 35.0 Å².